The minimum atomic E-state index is -0.311. The molecule has 9 heteroatoms. The van der Waals surface area contributed by atoms with E-state index in [0.717, 1.165) is 12.0 Å². The Labute approximate surface area is 194 Å². The molecule has 4 atom stereocenters. The standard InChI is InChI=1S/C20H22BrFN4O2.HI/c1-23-20(25-10-11-6-14(21)9-15(22)7-11)24-4-5-26-18(27)16-12-2-3-13(8-12)17(16)19(26)28;/h2-3,6-7,9,12-13,16-17H,4-5,8,10H2,1H3,(H2,23,24,25);1H. The zero-order chi connectivity index (χ0) is 19.8. The van der Waals surface area contributed by atoms with Gasteiger partial charge in [0.25, 0.3) is 0 Å². The number of hydrogen-bond donors (Lipinski definition) is 2. The van der Waals surface area contributed by atoms with E-state index < -0.39 is 0 Å². The second kappa shape index (κ2) is 9.11. The minimum Gasteiger partial charge on any atom is -0.355 e. The Kier molecular flexibility index (Phi) is 6.98. The normalized spacial score (nSPS) is 27.3. The Morgan fingerprint density at radius 1 is 1.17 bits per heavy atom. The molecule has 1 aromatic rings. The van der Waals surface area contributed by atoms with Crippen LogP contribution in [0.4, 0.5) is 4.39 Å². The van der Waals surface area contributed by atoms with Gasteiger partial charge in [-0.3, -0.25) is 19.5 Å². The molecule has 2 bridgehead atoms. The first-order valence-electron chi connectivity index (χ1n) is 9.41. The molecule has 1 heterocycles. The number of carbonyl (C=O) groups excluding carboxylic acids is 2. The van der Waals surface area contributed by atoms with E-state index in [4.69, 9.17) is 0 Å². The highest BCUT2D eigenvalue weighted by Gasteiger charge is 2.58. The number of aliphatic imine (C=N–C) groups is 1. The van der Waals surface area contributed by atoms with E-state index >= 15 is 0 Å². The van der Waals surface area contributed by atoms with Crippen molar-refractivity contribution in [1.29, 1.82) is 0 Å². The fraction of sp³-hybridized carbons (Fsp3) is 0.450. The summed E-state index contributed by atoms with van der Waals surface area (Å²) in [7, 11) is 1.64. The lowest BCUT2D eigenvalue weighted by Crippen LogP contribution is -2.43. The third-order valence-electron chi connectivity index (χ3n) is 5.80. The molecule has 2 N–H and O–H groups in total. The van der Waals surface area contributed by atoms with Crippen LogP contribution in [0, 0.1) is 29.5 Å². The number of carbonyl (C=O) groups is 2. The van der Waals surface area contributed by atoms with Gasteiger partial charge in [-0.1, -0.05) is 28.1 Å². The van der Waals surface area contributed by atoms with Gasteiger partial charge in [0, 0.05) is 31.2 Å². The number of guanidine groups is 1. The van der Waals surface area contributed by atoms with Crippen molar-refractivity contribution >= 4 is 57.7 Å². The summed E-state index contributed by atoms with van der Waals surface area (Å²) in [6, 6.07) is 4.68. The largest absolute Gasteiger partial charge is 0.355 e. The number of nitrogens with one attached hydrogen (secondary N) is 2. The van der Waals surface area contributed by atoms with Crippen LogP contribution in [-0.2, 0) is 16.1 Å². The molecule has 156 valence electrons. The molecule has 29 heavy (non-hydrogen) atoms. The molecule has 4 unspecified atom stereocenters. The molecule has 0 aromatic heterocycles. The second-order valence-electron chi connectivity index (χ2n) is 7.46. The number of allylic oxidation sites excluding steroid dienone is 2. The van der Waals surface area contributed by atoms with Crippen LogP contribution in [0.2, 0.25) is 0 Å². The highest BCUT2D eigenvalue weighted by Crippen LogP contribution is 2.52. The van der Waals surface area contributed by atoms with Crippen LogP contribution in [-0.4, -0.2) is 42.8 Å². The van der Waals surface area contributed by atoms with Crippen LogP contribution in [0.15, 0.2) is 39.8 Å². The predicted molar refractivity (Wildman–Crippen MR) is 122 cm³/mol. The minimum absolute atomic E-state index is 0. The molecule has 3 aliphatic rings. The average molecular weight is 577 g/mol. The van der Waals surface area contributed by atoms with Gasteiger partial charge in [-0.25, -0.2) is 4.39 Å². The molecule has 1 saturated carbocycles. The van der Waals surface area contributed by atoms with Gasteiger partial charge in [0.05, 0.1) is 11.8 Å². The molecule has 2 amide bonds. The maximum Gasteiger partial charge on any atom is 0.233 e. The number of amides is 2. The number of fused-ring (bicyclic) bond motifs is 5. The van der Waals surface area contributed by atoms with Gasteiger partial charge in [-0.05, 0) is 42.0 Å². The van der Waals surface area contributed by atoms with Crippen molar-refractivity contribution in [3.05, 3.63) is 46.2 Å². The first-order valence-corrected chi connectivity index (χ1v) is 10.2. The molecule has 0 radical (unpaired) electrons. The number of imide groups is 1. The SMILES string of the molecule is CN=C(NCCN1C(=O)C2C3C=CC(C3)C2C1=O)NCc1cc(F)cc(Br)c1.I. The lowest BCUT2D eigenvalue weighted by Gasteiger charge is -2.18. The molecular formula is C20H23BrFIN4O2. The van der Waals surface area contributed by atoms with Gasteiger partial charge in [0.2, 0.25) is 11.8 Å². The van der Waals surface area contributed by atoms with Gasteiger partial charge < -0.3 is 10.6 Å². The molecule has 2 fully saturated rings. The van der Waals surface area contributed by atoms with Gasteiger partial charge in [-0.2, -0.15) is 0 Å². The van der Waals surface area contributed by atoms with Crippen molar-refractivity contribution in [2.24, 2.45) is 28.7 Å². The Morgan fingerprint density at radius 2 is 1.83 bits per heavy atom. The third kappa shape index (κ3) is 4.35. The summed E-state index contributed by atoms with van der Waals surface area (Å²) in [5.74, 6) is 0.268. The number of benzene rings is 1. The van der Waals surface area contributed by atoms with Crippen molar-refractivity contribution in [3.8, 4) is 0 Å². The van der Waals surface area contributed by atoms with Crippen LogP contribution in [0.1, 0.15) is 12.0 Å². The van der Waals surface area contributed by atoms with Gasteiger partial charge >= 0.3 is 0 Å². The molecule has 6 nitrogen and oxygen atoms in total. The highest BCUT2D eigenvalue weighted by molar-refractivity contribution is 14.0. The quantitative estimate of drug-likeness (QED) is 0.186. The number of nitrogens with zero attached hydrogens (tertiary/aromatic N) is 2. The summed E-state index contributed by atoms with van der Waals surface area (Å²) >= 11 is 3.27. The third-order valence-corrected chi connectivity index (χ3v) is 6.25. The number of rotatable bonds is 5. The van der Waals surface area contributed by atoms with Crippen molar-refractivity contribution in [3.63, 3.8) is 0 Å². The van der Waals surface area contributed by atoms with Crippen LogP contribution >= 0.6 is 39.9 Å². The van der Waals surface area contributed by atoms with Crippen LogP contribution < -0.4 is 10.6 Å². The lowest BCUT2D eigenvalue weighted by atomic mass is 9.85. The molecule has 1 saturated heterocycles. The molecule has 2 aliphatic carbocycles. The fourth-order valence-electron chi connectivity index (χ4n) is 4.59. The van der Waals surface area contributed by atoms with Crippen LogP contribution in [0.5, 0.6) is 0 Å². The lowest BCUT2D eigenvalue weighted by molar-refractivity contribution is -0.140. The van der Waals surface area contributed by atoms with E-state index in [2.05, 4.69) is 43.7 Å². The van der Waals surface area contributed by atoms with Crippen molar-refractivity contribution in [2.45, 2.75) is 13.0 Å². The maximum atomic E-state index is 13.5. The predicted octanol–water partition coefficient (Wildman–Crippen LogP) is 2.68. The topological polar surface area (TPSA) is 73.8 Å². The average Bonchev–Trinajstić information content (AvgIpc) is 3.33. The summed E-state index contributed by atoms with van der Waals surface area (Å²) in [5, 5.41) is 6.22. The zero-order valence-electron chi connectivity index (χ0n) is 15.9. The van der Waals surface area contributed by atoms with E-state index in [-0.39, 0.29) is 65.3 Å². The van der Waals surface area contributed by atoms with Gasteiger partial charge in [0.15, 0.2) is 5.96 Å². The van der Waals surface area contributed by atoms with Crippen LogP contribution in [0.25, 0.3) is 0 Å². The summed E-state index contributed by atoms with van der Waals surface area (Å²) in [4.78, 5) is 30.9. The first-order chi connectivity index (χ1) is 13.5. The van der Waals surface area contributed by atoms with Crippen LogP contribution in [0.3, 0.4) is 0 Å². The Hall–Kier alpha value is -1.49. The van der Waals surface area contributed by atoms with E-state index in [9.17, 15) is 14.0 Å². The highest BCUT2D eigenvalue weighted by atomic mass is 127. The summed E-state index contributed by atoms with van der Waals surface area (Å²) in [6.45, 7) is 1.12. The molecule has 1 aromatic carbocycles. The smallest absolute Gasteiger partial charge is 0.233 e. The summed E-state index contributed by atoms with van der Waals surface area (Å²) in [5.41, 5.74) is 0.774. The Bertz CT molecular complexity index is 828. The summed E-state index contributed by atoms with van der Waals surface area (Å²) < 4.78 is 14.1. The van der Waals surface area contributed by atoms with E-state index in [1.807, 2.05) is 6.07 Å². The van der Waals surface area contributed by atoms with Gasteiger partial charge in [-0.15, -0.1) is 24.0 Å². The van der Waals surface area contributed by atoms with E-state index in [1.165, 1.54) is 17.0 Å². The second-order valence-corrected chi connectivity index (χ2v) is 8.37. The number of likely N-dealkylation sites (tertiary alicyclic amines) is 1. The van der Waals surface area contributed by atoms with E-state index in [1.54, 1.807) is 7.05 Å². The fourth-order valence-corrected chi connectivity index (χ4v) is 5.10. The Morgan fingerprint density at radius 3 is 2.41 bits per heavy atom. The maximum absolute atomic E-state index is 13.5. The Balaban J connectivity index is 0.00000240. The molecule has 1 aliphatic heterocycles. The molecule has 0 spiro atoms. The first kappa shape index (κ1) is 22.2. The monoisotopic (exact) mass is 576 g/mol. The van der Waals surface area contributed by atoms with Crippen molar-refractivity contribution < 1.29 is 14.0 Å². The molecule has 4 rings (SSSR count). The van der Waals surface area contributed by atoms with Crippen molar-refractivity contribution in [1.82, 2.24) is 15.5 Å². The number of hydrogen-bond acceptors (Lipinski definition) is 3. The summed E-state index contributed by atoms with van der Waals surface area (Å²) in [6.07, 6.45) is 5.12. The zero-order valence-corrected chi connectivity index (χ0v) is 19.8. The molecular weight excluding hydrogens is 554 g/mol. The van der Waals surface area contributed by atoms with Crippen molar-refractivity contribution in [2.75, 3.05) is 20.1 Å². The van der Waals surface area contributed by atoms with Gasteiger partial charge in [0.1, 0.15) is 5.82 Å². The van der Waals surface area contributed by atoms with E-state index in [0.29, 0.717) is 30.1 Å². The number of halogens is 3.